The molecule has 0 aromatic heterocycles. The Hall–Kier alpha value is -2.88. The summed E-state index contributed by atoms with van der Waals surface area (Å²) in [6.45, 7) is 0.375. The summed E-state index contributed by atoms with van der Waals surface area (Å²) in [6.07, 6.45) is 4.07. The zero-order chi connectivity index (χ0) is 15.4. The first-order valence-corrected chi connectivity index (χ1v) is 7.16. The predicted octanol–water partition coefficient (Wildman–Crippen LogP) is 3.00. The van der Waals surface area contributed by atoms with Gasteiger partial charge in [-0.2, -0.15) is 0 Å². The molecule has 0 radical (unpaired) electrons. The first-order chi connectivity index (χ1) is 10.8. The van der Waals surface area contributed by atoms with E-state index in [0.29, 0.717) is 12.2 Å². The minimum Gasteiger partial charge on any atom is -0.334 e. The van der Waals surface area contributed by atoms with Crippen molar-refractivity contribution in [1.82, 2.24) is 5.32 Å². The number of carbonyl (C=O) groups excluding carboxylic acids is 2. The number of anilines is 1. The molecule has 0 fully saturated rings. The van der Waals surface area contributed by atoms with Gasteiger partial charge in [-0.05, 0) is 17.2 Å². The Balaban J connectivity index is 1.61. The fourth-order valence-corrected chi connectivity index (χ4v) is 2.46. The molecule has 110 valence electrons. The quantitative estimate of drug-likeness (QED) is 0.945. The highest BCUT2D eigenvalue weighted by Crippen LogP contribution is 2.28. The number of rotatable bonds is 3. The number of nitrogens with zero attached hydrogens (tertiary/aromatic N) is 1. The molecule has 0 atom stereocenters. The molecule has 0 spiro atoms. The molecule has 0 saturated heterocycles. The van der Waals surface area contributed by atoms with Crippen LogP contribution in [0, 0.1) is 0 Å². The van der Waals surface area contributed by atoms with Gasteiger partial charge in [0.15, 0.2) is 0 Å². The third-order valence-corrected chi connectivity index (χ3v) is 3.51. The SMILES string of the molecule is O=C1Cc2ccccc2N1C(=O)NCC=Cc1ccccc1. The Kier molecular flexibility index (Phi) is 4.01. The molecular formula is C18H16N2O2. The molecule has 1 heterocycles. The van der Waals surface area contributed by atoms with Gasteiger partial charge in [0.05, 0.1) is 12.1 Å². The number of hydrogen-bond donors (Lipinski definition) is 1. The Labute approximate surface area is 129 Å². The molecule has 1 aliphatic rings. The Bertz CT molecular complexity index is 723. The van der Waals surface area contributed by atoms with Crippen molar-refractivity contribution in [3.63, 3.8) is 0 Å². The standard InChI is InChI=1S/C18H16N2O2/c21-17-13-15-10-4-5-11-16(15)20(17)18(22)19-12-6-9-14-7-2-1-3-8-14/h1-11H,12-13H2,(H,19,22). The number of para-hydroxylation sites is 1. The zero-order valence-electron chi connectivity index (χ0n) is 12.0. The summed E-state index contributed by atoms with van der Waals surface area (Å²) in [7, 11) is 0. The highest BCUT2D eigenvalue weighted by molar-refractivity contribution is 6.18. The van der Waals surface area contributed by atoms with E-state index in [9.17, 15) is 9.59 Å². The second-order valence-corrected chi connectivity index (χ2v) is 5.03. The van der Waals surface area contributed by atoms with E-state index in [1.54, 1.807) is 6.07 Å². The van der Waals surface area contributed by atoms with Crippen LogP contribution in [0.1, 0.15) is 11.1 Å². The average molecular weight is 292 g/mol. The number of carbonyl (C=O) groups is 2. The molecule has 2 aromatic rings. The predicted molar refractivity (Wildman–Crippen MR) is 86.5 cm³/mol. The molecule has 0 bridgehead atoms. The fraction of sp³-hybridized carbons (Fsp3) is 0.111. The largest absolute Gasteiger partial charge is 0.334 e. The van der Waals surface area contributed by atoms with Crippen molar-refractivity contribution in [2.24, 2.45) is 0 Å². The Morgan fingerprint density at radius 2 is 1.82 bits per heavy atom. The molecule has 0 aliphatic carbocycles. The van der Waals surface area contributed by atoms with Gasteiger partial charge < -0.3 is 5.32 Å². The summed E-state index contributed by atoms with van der Waals surface area (Å²) in [5, 5.41) is 2.75. The van der Waals surface area contributed by atoms with Crippen LogP contribution in [-0.2, 0) is 11.2 Å². The third-order valence-electron chi connectivity index (χ3n) is 3.51. The number of nitrogens with one attached hydrogen (secondary N) is 1. The second-order valence-electron chi connectivity index (χ2n) is 5.03. The van der Waals surface area contributed by atoms with Crippen LogP contribution in [0.3, 0.4) is 0 Å². The zero-order valence-corrected chi connectivity index (χ0v) is 12.0. The minimum atomic E-state index is -0.382. The molecule has 1 aliphatic heterocycles. The normalized spacial score (nSPS) is 13.5. The van der Waals surface area contributed by atoms with Crippen molar-refractivity contribution in [2.75, 3.05) is 11.4 Å². The van der Waals surface area contributed by atoms with Gasteiger partial charge in [-0.25, -0.2) is 9.69 Å². The van der Waals surface area contributed by atoms with Crippen molar-refractivity contribution in [2.45, 2.75) is 6.42 Å². The van der Waals surface area contributed by atoms with Gasteiger partial charge in [-0.3, -0.25) is 4.79 Å². The van der Waals surface area contributed by atoms with Gasteiger partial charge in [0.1, 0.15) is 0 Å². The Morgan fingerprint density at radius 1 is 1.09 bits per heavy atom. The first kappa shape index (κ1) is 14.1. The summed E-state index contributed by atoms with van der Waals surface area (Å²) in [5.41, 5.74) is 2.64. The maximum atomic E-state index is 12.2. The van der Waals surface area contributed by atoms with Crippen LogP contribution in [0.25, 0.3) is 6.08 Å². The number of urea groups is 1. The minimum absolute atomic E-state index is 0.189. The van der Waals surface area contributed by atoms with E-state index < -0.39 is 0 Å². The van der Waals surface area contributed by atoms with Gasteiger partial charge in [-0.1, -0.05) is 60.7 Å². The molecule has 3 rings (SSSR count). The van der Waals surface area contributed by atoms with E-state index in [-0.39, 0.29) is 18.4 Å². The molecule has 4 nitrogen and oxygen atoms in total. The van der Waals surface area contributed by atoms with E-state index in [1.807, 2.05) is 60.7 Å². The van der Waals surface area contributed by atoms with Crippen LogP contribution in [0.15, 0.2) is 60.7 Å². The van der Waals surface area contributed by atoms with E-state index in [4.69, 9.17) is 0 Å². The van der Waals surface area contributed by atoms with Crippen molar-refractivity contribution >= 4 is 23.7 Å². The van der Waals surface area contributed by atoms with Crippen molar-refractivity contribution in [3.8, 4) is 0 Å². The second kappa shape index (κ2) is 6.26. The molecule has 2 aromatic carbocycles. The van der Waals surface area contributed by atoms with E-state index >= 15 is 0 Å². The monoisotopic (exact) mass is 292 g/mol. The molecule has 4 heteroatoms. The topological polar surface area (TPSA) is 49.4 Å². The van der Waals surface area contributed by atoms with Crippen LogP contribution >= 0.6 is 0 Å². The highest BCUT2D eigenvalue weighted by Gasteiger charge is 2.31. The maximum Gasteiger partial charge on any atom is 0.329 e. The molecular weight excluding hydrogens is 276 g/mol. The van der Waals surface area contributed by atoms with Crippen LogP contribution in [0.4, 0.5) is 10.5 Å². The molecule has 0 unspecified atom stereocenters. The van der Waals surface area contributed by atoms with Gasteiger partial charge in [0.25, 0.3) is 0 Å². The van der Waals surface area contributed by atoms with E-state index in [2.05, 4.69) is 5.32 Å². The van der Waals surface area contributed by atoms with E-state index in [0.717, 1.165) is 11.1 Å². The van der Waals surface area contributed by atoms with Crippen LogP contribution in [0.2, 0.25) is 0 Å². The lowest BCUT2D eigenvalue weighted by Gasteiger charge is -2.15. The van der Waals surface area contributed by atoms with Crippen molar-refractivity contribution in [3.05, 3.63) is 71.8 Å². The summed E-state index contributed by atoms with van der Waals surface area (Å²) in [6, 6.07) is 16.8. The van der Waals surface area contributed by atoms with Gasteiger partial charge in [0.2, 0.25) is 5.91 Å². The van der Waals surface area contributed by atoms with Crippen molar-refractivity contribution in [1.29, 1.82) is 0 Å². The number of imide groups is 1. The smallest absolute Gasteiger partial charge is 0.329 e. The molecule has 3 amide bonds. The van der Waals surface area contributed by atoms with Crippen LogP contribution < -0.4 is 10.2 Å². The molecule has 1 N–H and O–H groups in total. The van der Waals surface area contributed by atoms with E-state index in [1.165, 1.54) is 4.90 Å². The fourth-order valence-electron chi connectivity index (χ4n) is 2.46. The molecule has 0 saturated carbocycles. The van der Waals surface area contributed by atoms with Gasteiger partial charge >= 0.3 is 6.03 Å². The number of hydrogen-bond acceptors (Lipinski definition) is 2. The number of benzene rings is 2. The number of fused-ring (bicyclic) bond motifs is 1. The summed E-state index contributed by atoms with van der Waals surface area (Å²) >= 11 is 0. The number of amides is 3. The maximum absolute atomic E-state index is 12.2. The molecule has 22 heavy (non-hydrogen) atoms. The Morgan fingerprint density at radius 3 is 2.64 bits per heavy atom. The summed E-state index contributed by atoms with van der Waals surface area (Å²) in [5.74, 6) is -0.189. The lowest BCUT2D eigenvalue weighted by atomic mass is 10.2. The van der Waals surface area contributed by atoms with Crippen molar-refractivity contribution < 1.29 is 9.59 Å². The third kappa shape index (κ3) is 2.91. The van der Waals surface area contributed by atoms with Gasteiger partial charge in [0, 0.05) is 6.54 Å². The lowest BCUT2D eigenvalue weighted by Crippen LogP contribution is -2.42. The lowest BCUT2D eigenvalue weighted by molar-refractivity contribution is -0.116. The summed E-state index contributed by atoms with van der Waals surface area (Å²) in [4.78, 5) is 25.4. The first-order valence-electron chi connectivity index (χ1n) is 7.16. The van der Waals surface area contributed by atoms with Gasteiger partial charge in [-0.15, -0.1) is 0 Å². The average Bonchev–Trinajstić information content (AvgIpc) is 2.88. The highest BCUT2D eigenvalue weighted by atomic mass is 16.2. The van der Waals surface area contributed by atoms with Crippen LogP contribution in [-0.4, -0.2) is 18.5 Å². The summed E-state index contributed by atoms with van der Waals surface area (Å²) < 4.78 is 0. The van der Waals surface area contributed by atoms with Crippen LogP contribution in [0.5, 0.6) is 0 Å².